The molecule has 4 aliphatic carbocycles. The van der Waals surface area contributed by atoms with E-state index in [1.165, 1.54) is 107 Å². The van der Waals surface area contributed by atoms with Gasteiger partial charge in [-0.1, -0.05) is 57.6 Å². The van der Waals surface area contributed by atoms with Crippen molar-refractivity contribution in [3.05, 3.63) is 46.7 Å². The zero-order valence-electron chi connectivity index (χ0n) is 21.3. The fourth-order valence-electron chi connectivity index (χ4n) is 7.96. The van der Waals surface area contributed by atoms with Gasteiger partial charge in [0.25, 0.3) is 0 Å². The van der Waals surface area contributed by atoms with Gasteiger partial charge in [-0.15, -0.1) is 0 Å². The predicted octanol–water partition coefficient (Wildman–Crippen LogP) is 8.28. The molecule has 1 aromatic carbocycles. The molecule has 0 radical (unpaired) electrons. The van der Waals surface area contributed by atoms with Crippen LogP contribution in [0.1, 0.15) is 101 Å². The molecule has 1 aliphatic heterocycles. The van der Waals surface area contributed by atoms with Crippen LogP contribution >= 0.6 is 0 Å². The SMILES string of the molecule is CCCC1CCC([C@@H]2COC3=C(c4c(ccc5c4CCCC5)OC2)C2CCCCC2C=C3)CC1. The molecule has 0 bridgehead atoms. The van der Waals surface area contributed by atoms with Crippen LogP contribution in [0.2, 0.25) is 0 Å². The molecule has 6 rings (SSSR count). The Balaban J connectivity index is 1.35. The van der Waals surface area contributed by atoms with Gasteiger partial charge < -0.3 is 9.47 Å². The zero-order chi connectivity index (χ0) is 22.9. The quantitative estimate of drug-likeness (QED) is 0.452. The van der Waals surface area contributed by atoms with Gasteiger partial charge in [0.1, 0.15) is 11.5 Å². The summed E-state index contributed by atoms with van der Waals surface area (Å²) in [5.74, 6) is 5.80. The minimum Gasteiger partial charge on any atom is -0.493 e. The van der Waals surface area contributed by atoms with Gasteiger partial charge >= 0.3 is 0 Å². The lowest BCUT2D eigenvalue weighted by Crippen LogP contribution is -2.29. The molecule has 2 saturated carbocycles. The summed E-state index contributed by atoms with van der Waals surface area (Å²) in [5, 5.41) is 0. The molecule has 0 saturated heterocycles. The fourth-order valence-corrected chi connectivity index (χ4v) is 7.96. The topological polar surface area (TPSA) is 18.5 Å². The Bertz CT molecular complexity index is 933. The third-order valence-electron chi connectivity index (χ3n) is 9.88. The standard InChI is InChI=1S/C32H44O2/c1-2-7-22-12-14-23(15-13-22)26-20-33-29-18-16-24-8-3-5-10-27(24)31(29)32-28-11-6-4-9-25(28)17-19-30(32)34-21-26/h16-19,22-24,26-27H,2-15,20-21H2,1H3/t22?,23?,24?,26-,27?/m1/s1. The first-order valence-electron chi connectivity index (χ1n) is 14.6. The first-order valence-corrected chi connectivity index (χ1v) is 14.6. The molecule has 2 fully saturated rings. The summed E-state index contributed by atoms with van der Waals surface area (Å²) in [5.41, 5.74) is 6.10. The van der Waals surface area contributed by atoms with Crippen molar-refractivity contribution in [3.8, 4) is 5.75 Å². The first kappa shape index (κ1) is 22.7. The highest BCUT2D eigenvalue weighted by Gasteiger charge is 2.37. The molecule has 0 amide bonds. The highest BCUT2D eigenvalue weighted by Crippen LogP contribution is 2.50. The van der Waals surface area contributed by atoms with E-state index in [0.717, 1.165) is 30.8 Å². The van der Waals surface area contributed by atoms with E-state index < -0.39 is 0 Å². The molecule has 0 spiro atoms. The van der Waals surface area contributed by atoms with Crippen LogP contribution in [0.25, 0.3) is 5.57 Å². The summed E-state index contributed by atoms with van der Waals surface area (Å²) >= 11 is 0. The minimum absolute atomic E-state index is 0.496. The highest BCUT2D eigenvalue weighted by molar-refractivity contribution is 5.80. The van der Waals surface area contributed by atoms with E-state index in [-0.39, 0.29) is 0 Å². The van der Waals surface area contributed by atoms with E-state index >= 15 is 0 Å². The van der Waals surface area contributed by atoms with Gasteiger partial charge in [-0.25, -0.2) is 0 Å². The second-order valence-electron chi connectivity index (χ2n) is 11.9. The highest BCUT2D eigenvalue weighted by atomic mass is 16.5. The Hall–Kier alpha value is -1.70. The van der Waals surface area contributed by atoms with Gasteiger partial charge in [-0.2, -0.15) is 0 Å². The van der Waals surface area contributed by atoms with E-state index in [0.29, 0.717) is 17.8 Å². The molecule has 2 heteroatoms. The number of hydrogen-bond donors (Lipinski definition) is 0. The molecular formula is C32H44O2. The van der Waals surface area contributed by atoms with Gasteiger partial charge in [-0.3, -0.25) is 0 Å². The monoisotopic (exact) mass is 460 g/mol. The van der Waals surface area contributed by atoms with Crippen LogP contribution < -0.4 is 4.74 Å². The first-order chi connectivity index (χ1) is 16.8. The Kier molecular flexibility index (Phi) is 6.77. The van der Waals surface area contributed by atoms with Gasteiger partial charge in [0, 0.05) is 17.1 Å². The van der Waals surface area contributed by atoms with E-state index in [1.807, 2.05) is 0 Å². The van der Waals surface area contributed by atoms with Crippen molar-refractivity contribution in [1.82, 2.24) is 0 Å². The lowest BCUT2D eigenvalue weighted by Gasteiger charge is -2.37. The Morgan fingerprint density at radius 2 is 1.65 bits per heavy atom. The molecule has 0 aromatic heterocycles. The van der Waals surface area contributed by atoms with Crippen molar-refractivity contribution in [1.29, 1.82) is 0 Å². The number of benzene rings is 1. The molecule has 1 heterocycles. The molecular weight excluding hydrogens is 416 g/mol. The van der Waals surface area contributed by atoms with Gasteiger partial charge in [0.05, 0.1) is 13.2 Å². The third-order valence-corrected chi connectivity index (χ3v) is 9.88. The van der Waals surface area contributed by atoms with E-state index in [9.17, 15) is 0 Å². The third kappa shape index (κ3) is 4.35. The van der Waals surface area contributed by atoms with Crippen LogP contribution in [-0.4, -0.2) is 13.2 Å². The number of hydrogen-bond acceptors (Lipinski definition) is 2. The van der Waals surface area contributed by atoms with Crippen LogP contribution in [0.5, 0.6) is 5.75 Å². The van der Waals surface area contributed by atoms with Crippen LogP contribution in [0, 0.1) is 29.6 Å². The maximum atomic E-state index is 6.82. The van der Waals surface area contributed by atoms with Crippen LogP contribution in [-0.2, 0) is 17.6 Å². The van der Waals surface area contributed by atoms with Crippen molar-refractivity contribution >= 4 is 5.57 Å². The molecule has 0 N–H and O–H groups in total. The molecule has 2 nitrogen and oxygen atoms in total. The smallest absolute Gasteiger partial charge is 0.127 e. The summed E-state index contributed by atoms with van der Waals surface area (Å²) in [7, 11) is 0. The summed E-state index contributed by atoms with van der Waals surface area (Å²) < 4.78 is 13.6. The maximum absolute atomic E-state index is 6.82. The Morgan fingerprint density at radius 1 is 0.824 bits per heavy atom. The van der Waals surface area contributed by atoms with Gasteiger partial charge in [0.2, 0.25) is 0 Å². The molecule has 5 aliphatic rings. The average Bonchev–Trinajstić information content (AvgIpc) is 2.97. The average molecular weight is 461 g/mol. The van der Waals surface area contributed by atoms with Gasteiger partial charge in [0.15, 0.2) is 0 Å². The van der Waals surface area contributed by atoms with Crippen LogP contribution in [0.4, 0.5) is 0 Å². The van der Waals surface area contributed by atoms with Crippen molar-refractivity contribution < 1.29 is 9.47 Å². The van der Waals surface area contributed by atoms with Crippen molar-refractivity contribution in [2.45, 2.75) is 96.8 Å². The van der Waals surface area contributed by atoms with Crippen molar-refractivity contribution in [2.75, 3.05) is 13.2 Å². The largest absolute Gasteiger partial charge is 0.493 e. The fraction of sp³-hybridized carbons (Fsp3) is 0.688. The zero-order valence-corrected chi connectivity index (χ0v) is 21.3. The van der Waals surface area contributed by atoms with Crippen LogP contribution in [0.3, 0.4) is 0 Å². The Labute approximate surface area is 207 Å². The number of aryl methyl sites for hydroxylation is 1. The van der Waals surface area contributed by atoms with Gasteiger partial charge in [-0.05, 0) is 98.3 Å². The van der Waals surface area contributed by atoms with Crippen molar-refractivity contribution in [2.24, 2.45) is 29.6 Å². The normalized spacial score (nSPS) is 33.1. The number of allylic oxidation sites excluding steroid dienone is 3. The molecule has 3 atom stereocenters. The van der Waals surface area contributed by atoms with E-state index in [2.05, 4.69) is 31.2 Å². The molecule has 34 heavy (non-hydrogen) atoms. The van der Waals surface area contributed by atoms with E-state index in [4.69, 9.17) is 9.47 Å². The predicted molar refractivity (Wildman–Crippen MR) is 140 cm³/mol. The number of fused-ring (bicyclic) bond motifs is 6. The summed E-state index contributed by atoms with van der Waals surface area (Å²) in [6.45, 7) is 3.97. The minimum atomic E-state index is 0.496. The van der Waals surface area contributed by atoms with Crippen LogP contribution in [0.15, 0.2) is 30.0 Å². The van der Waals surface area contributed by atoms with Crippen molar-refractivity contribution in [3.63, 3.8) is 0 Å². The maximum Gasteiger partial charge on any atom is 0.127 e. The lowest BCUT2D eigenvalue weighted by molar-refractivity contribution is 0.0727. The molecule has 2 unspecified atom stereocenters. The Morgan fingerprint density at radius 3 is 2.53 bits per heavy atom. The second-order valence-corrected chi connectivity index (χ2v) is 11.9. The number of ether oxygens (including phenoxy) is 2. The summed E-state index contributed by atoms with van der Waals surface area (Å²) in [4.78, 5) is 0. The van der Waals surface area contributed by atoms with E-state index in [1.54, 1.807) is 11.1 Å². The summed E-state index contributed by atoms with van der Waals surface area (Å²) in [6.07, 6.45) is 23.5. The molecule has 1 aromatic rings. The number of rotatable bonds is 3. The molecule has 184 valence electrons. The lowest BCUT2D eigenvalue weighted by atomic mass is 9.69. The second kappa shape index (κ2) is 10.1. The summed E-state index contributed by atoms with van der Waals surface area (Å²) in [6, 6.07) is 4.70.